The van der Waals surface area contributed by atoms with Crippen molar-refractivity contribution in [3.8, 4) is 0 Å². The number of esters is 2. The minimum absolute atomic E-state index is 0.0264. The molecule has 0 spiro atoms. The molecule has 0 fully saturated rings. The van der Waals surface area contributed by atoms with E-state index in [-0.39, 0.29) is 24.1 Å². The quantitative estimate of drug-likeness (QED) is 0.0390. The highest BCUT2D eigenvalue weighted by molar-refractivity contribution is 8.13. The first-order valence-electron chi connectivity index (χ1n) is 19.2. The Hall–Kier alpha value is -6.22. The first-order valence-corrected chi connectivity index (χ1v) is 20.5. The predicted molar refractivity (Wildman–Crippen MR) is 232 cm³/mol. The second-order valence-corrected chi connectivity index (χ2v) is 16.8. The molecule has 15 heteroatoms. The lowest BCUT2D eigenvalue weighted by molar-refractivity contribution is -0.156. The van der Waals surface area contributed by atoms with Crippen LogP contribution < -0.4 is 21.3 Å². The van der Waals surface area contributed by atoms with Gasteiger partial charge in [-0.2, -0.15) is 0 Å². The van der Waals surface area contributed by atoms with Gasteiger partial charge in [0.05, 0.1) is 18.6 Å². The number of amides is 4. The van der Waals surface area contributed by atoms with E-state index < -0.39 is 71.5 Å². The summed E-state index contributed by atoms with van der Waals surface area (Å²) in [5.74, 6) is -3.70. The number of hydrogen-bond donors (Lipinski definition) is 5. The van der Waals surface area contributed by atoms with E-state index in [1.54, 1.807) is 78.1 Å². The molecule has 0 aromatic heterocycles. The lowest BCUT2D eigenvalue weighted by Gasteiger charge is -2.24. The van der Waals surface area contributed by atoms with E-state index in [4.69, 9.17) is 19.6 Å². The third-order valence-electron chi connectivity index (χ3n) is 8.78. The molecule has 4 aromatic carbocycles. The number of carbonyl (C=O) groups excluding carboxylic acids is 6. The van der Waals surface area contributed by atoms with E-state index in [1.165, 1.54) is 37.1 Å². The van der Waals surface area contributed by atoms with Gasteiger partial charge in [0.25, 0.3) is 5.91 Å². The number of ether oxygens (including phenoxy) is 3. The fourth-order valence-corrected chi connectivity index (χ4v) is 6.44. The normalized spacial score (nSPS) is 12.9. The monoisotopic (exact) mass is 839 g/mol. The van der Waals surface area contributed by atoms with Crippen molar-refractivity contribution in [2.75, 3.05) is 18.7 Å². The van der Waals surface area contributed by atoms with Gasteiger partial charge in [-0.05, 0) is 87.9 Å². The van der Waals surface area contributed by atoms with Gasteiger partial charge in [-0.15, -0.1) is 11.8 Å². The summed E-state index contributed by atoms with van der Waals surface area (Å²) in [5.41, 5.74) is 0.678. The Balaban J connectivity index is 1.56. The molecule has 14 nitrogen and oxygen atoms in total. The third-order valence-corrected chi connectivity index (χ3v) is 9.42. The first kappa shape index (κ1) is 46.5. The Bertz CT molecular complexity index is 2210. The summed E-state index contributed by atoms with van der Waals surface area (Å²) >= 11 is 1.29. The van der Waals surface area contributed by atoms with Crippen molar-refractivity contribution in [1.29, 1.82) is 5.41 Å². The van der Waals surface area contributed by atoms with Crippen LogP contribution >= 0.6 is 11.8 Å². The molecule has 0 saturated carbocycles. The van der Waals surface area contributed by atoms with E-state index in [9.17, 15) is 28.8 Å². The van der Waals surface area contributed by atoms with Gasteiger partial charge in [-0.3, -0.25) is 24.6 Å². The number of rotatable bonds is 15. The van der Waals surface area contributed by atoms with Crippen LogP contribution in [0.4, 0.5) is 10.5 Å². The van der Waals surface area contributed by atoms with Crippen LogP contribution in [0.1, 0.15) is 75.0 Å². The molecule has 0 bridgehead atoms. The van der Waals surface area contributed by atoms with Gasteiger partial charge in [0.2, 0.25) is 11.8 Å². The van der Waals surface area contributed by atoms with Crippen LogP contribution in [0.15, 0.2) is 91.0 Å². The summed E-state index contributed by atoms with van der Waals surface area (Å²) in [5, 5.41) is 20.9. The number of alkyl carbamates (subject to hydrolysis) is 1. The fourth-order valence-electron chi connectivity index (χ4n) is 6.07. The summed E-state index contributed by atoms with van der Waals surface area (Å²) in [6, 6.07) is 22.4. The highest BCUT2D eigenvalue weighted by Gasteiger charge is 2.32. The molecule has 60 heavy (non-hydrogen) atoms. The molecule has 5 N–H and O–H groups in total. The largest absolute Gasteiger partial charge is 0.467 e. The lowest BCUT2D eigenvalue weighted by atomic mass is 9.98. The number of fused-ring (bicyclic) bond motifs is 1. The lowest BCUT2D eigenvalue weighted by Crippen LogP contribution is -2.53. The fraction of sp³-hybridized carbons (Fsp3) is 0.356. The second-order valence-electron chi connectivity index (χ2n) is 15.9. The molecule has 0 heterocycles. The summed E-state index contributed by atoms with van der Waals surface area (Å²) in [6.45, 7) is 10.1. The zero-order valence-electron chi connectivity index (χ0n) is 35.1. The van der Waals surface area contributed by atoms with Crippen molar-refractivity contribution >= 4 is 69.0 Å². The average Bonchev–Trinajstić information content (AvgIpc) is 3.18. The zero-order valence-corrected chi connectivity index (χ0v) is 35.9. The summed E-state index contributed by atoms with van der Waals surface area (Å²) in [6.07, 6.45) is 0.567. The number of hydrogen-bond acceptors (Lipinski definition) is 11. The average molecular weight is 840 g/mol. The van der Waals surface area contributed by atoms with Crippen LogP contribution in [-0.4, -0.2) is 83.5 Å². The van der Waals surface area contributed by atoms with E-state index in [0.29, 0.717) is 16.2 Å². The van der Waals surface area contributed by atoms with Crippen LogP contribution in [0.25, 0.3) is 10.8 Å². The maximum absolute atomic E-state index is 13.9. The summed E-state index contributed by atoms with van der Waals surface area (Å²) < 4.78 is 15.9. The van der Waals surface area contributed by atoms with Gasteiger partial charge >= 0.3 is 18.0 Å². The molecule has 0 radical (unpaired) electrons. The molecule has 0 aliphatic heterocycles. The molecule has 0 aliphatic rings. The Labute approximate surface area is 354 Å². The van der Waals surface area contributed by atoms with Crippen molar-refractivity contribution in [2.45, 2.75) is 90.1 Å². The van der Waals surface area contributed by atoms with Gasteiger partial charge in [-0.1, -0.05) is 72.8 Å². The maximum atomic E-state index is 13.9. The van der Waals surface area contributed by atoms with Crippen LogP contribution in [0.2, 0.25) is 0 Å². The standard InChI is InChI=1S/C45H53N5O9S/c1-44(2,3)58-37(51)26-35(41(54)49-36(42(55)57-7)25-30-15-11-14-28-13-9-10-18-33(28)30)48-39(52)31-16-12-17-32(24-31)47-40(53)34(50-43(56)59-45(4,5)6)23-27-19-21-29(22-20-27)38(46)60-8/h9-22,24,34-36,46H,23,25-26H2,1-8H3,(H,47,53)(H,48,52)(H,49,54)(H,50,56)/t34-,35-,36-/m0/s1. The molecule has 0 saturated heterocycles. The van der Waals surface area contributed by atoms with Crippen LogP contribution in [0.3, 0.4) is 0 Å². The molecule has 4 aromatic rings. The Kier molecular flexibility index (Phi) is 16.0. The Morgan fingerprint density at radius 1 is 0.683 bits per heavy atom. The van der Waals surface area contributed by atoms with E-state index in [1.807, 2.05) is 42.5 Å². The van der Waals surface area contributed by atoms with Crippen LogP contribution in [0, 0.1) is 5.41 Å². The van der Waals surface area contributed by atoms with Gasteiger partial charge in [0, 0.05) is 29.7 Å². The first-order chi connectivity index (χ1) is 28.2. The molecular formula is C45H53N5O9S. The minimum Gasteiger partial charge on any atom is -0.467 e. The minimum atomic E-state index is -1.49. The van der Waals surface area contributed by atoms with Gasteiger partial charge < -0.3 is 35.5 Å². The number of carbonyl (C=O) groups is 6. The number of nitrogens with one attached hydrogen (secondary N) is 5. The smallest absolute Gasteiger partial charge is 0.408 e. The Morgan fingerprint density at radius 3 is 1.98 bits per heavy atom. The van der Waals surface area contributed by atoms with Crippen molar-refractivity contribution in [1.82, 2.24) is 16.0 Å². The van der Waals surface area contributed by atoms with E-state index >= 15 is 0 Å². The van der Waals surface area contributed by atoms with Crippen molar-refractivity contribution in [2.24, 2.45) is 0 Å². The topological polar surface area (TPSA) is 202 Å². The Morgan fingerprint density at radius 2 is 1.33 bits per heavy atom. The van der Waals surface area contributed by atoms with Crippen molar-refractivity contribution < 1.29 is 43.0 Å². The number of thioether (sulfide) groups is 1. The highest BCUT2D eigenvalue weighted by atomic mass is 32.2. The van der Waals surface area contributed by atoms with Gasteiger partial charge in [0.1, 0.15) is 29.3 Å². The van der Waals surface area contributed by atoms with E-state index in [2.05, 4.69) is 21.3 Å². The van der Waals surface area contributed by atoms with Crippen molar-refractivity contribution in [3.05, 3.63) is 113 Å². The SMILES string of the molecule is COC(=O)[C@H](Cc1cccc2ccccc12)NC(=O)[C@H](CC(=O)OC(C)(C)C)NC(=O)c1cccc(NC(=O)[C@H](Cc2ccc(C(=N)SC)cc2)NC(=O)OC(C)(C)C)c1. The summed E-state index contributed by atoms with van der Waals surface area (Å²) in [4.78, 5) is 80.4. The number of methoxy groups -OCH3 is 1. The molecule has 4 rings (SSSR count). The highest BCUT2D eigenvalue weighted by Crippen LogP contribution is 2.21. The molecule has 3 atom stereocenters. The second kappa shape index (κ2) is 20.7. The molecule has 0 unspecified atom stereocenters. The third kappa shape index (κ3) is 14.3. The molecule has 318 valence electrons. The maximum Gasteiger partial charge on any atom is 0.408 e. The predicted octanol–water partition coefficient (Wildman–Crippen LogP) is 6.33. The number of benzene rings is 4. The van der Waals surface area contributed by atoms with Gasteiger partial charge in [0.15, 0.2) is 0 Å². The van der Waals surface area contributed by atoms with E-state index in [0.717, 1.165) is 16.3 Å². The number of anilines is 1. The summed E-state index contributed by atoms with van der Waals surface area (Å²) in [7, 11) is 1.20. The molecular weight excluding hydrogens is 787 g/mol. The van der Waals surface area contributed by atoms with Crippen LogP contribution in [-0.2, 0) is 46.2 Å². The molecule has 0 aliphatic carbocycles. The van der Waals surface area contributed by atoms with Crippen LogP contribution in [0.5, 0.6) is 0 Å². The van der Waals surface area contributed by atoms with Gasteiger partial charge in [-0.25, -0.2) is 9.59 Å². The molecule has 4 amide bonds. The van der Waals surface area contributed by atoms with Crippen molar-refractivity contribution in [3.63, 3.8) is 0 Å². The zero-order chi connectivity index (χ0) is 44.2.